The van der Waals surface area contributed by atoms with E-state index in [1.54, 1.807) is 0 Å². The van der Waals surface area contributed by atoms with E-state index in [-0.39, 0.29) is 12.1 Å². The van der Waals surface area contributed by atoms with Gasteiger partial charge < -0.3 is 10.6 Å². The number of carbonyl (C=O) groups excluding carboxylic acids is 1. The van der Waals surface area contributed by atoms with Gasteiger partial charge >= 0.3 is 6.03 Å². The molecular weight excluding hydrogens is 308 g/mol. The fourth-order valence-corrected chi connectivity index (χ4v) is 3.60. The summed E-state index contributed by atoms with van der Waals surface area (Å²) in [6.07, 6.45) is 5.81. The van der Waals surface area contributed by atoms with Crippen LogP contribution in [0.5, 0.6) is 0 Å². The second-order valence-electron chi connectivity index (χ2n) is 7.01. The smallest absolute Gasteiger partial charge is 0.315 e. The molecule has 25 heavy (non-hydrogen) atoms. The van der Waals surface area contributed by atoms with E-state index >= 15 is 0 Å². The van der Waals surface area contributed by atoms with Gasteiger partial charge in [-0.05, 0) is 61.3 Å². The topological polar surface area (TPSA) is 41.1 Å². The van der Waals surface area contributed by atoms with Crippen LogP contribution in [0.1, 0.15) is 60.0 Å². The summed E-state index contributed by atoms with van der Waals surface area (Å²) in [6, 6.07) is 14.9. The quantitative estimate of drug-likeness (QED) is 0.807. The first kappa shape index (κ1) is 17.5. The van der Waals surface area contributed by atoms with Crippen molar-refractivity contribution in [3.05, 3.63) is 70.3 Å². The molecule has 0 aliphatic heterocycles. The second-order valence-corrected chi connectivity index (χ2v) is 7.01. The maximum absolute atomic E-state index is 12.3. The minimum atomic E-state index is -0.105. The summed E-state index contributed by atoms with van der Waals surface area (Å²) in [4.78, 5) is 12.3. The molecule has 2 N–H and O–H groups in total. The van der Waals surface area contributed by atoms with Gasteiger partial charge in [0.15, 0.2) is 0 Å². The van der Waals surface area contributed by atoms with E-state index in [2.05, 4.69) is 54.8 Å². The molecule has 0 radical (unpaired) electrons. The molecule has 3 nitrogen and oxygen atoms in total. The third-order valence-corrected chi connectivity index (χ3v) is 5.02. The predicted octanol–water partition coefficient (Wildman–Crippen LogP) is 4.82. The molecule has 3 rings (SSSR count). The average Bonchev–Trinajstić information content (AvgIpc) is 2.64. The number of benzene rings is 2. The molecule has 1 atom stereocenters. The first-order valence-electron chi connectivity index (χ1n) is 9.37. The zero-order chi connectivity index (χ0) is 17.6. The summed E-state index contributed by atoms with van der Waals surface area (Å²) < 4.78 is 0. The van der Waals surface area contributed by atoms with Gasteiger partial charge in [-0.1, -0.05) is 55.0 Å². The minimum absolute atomic E-state index is 0.0599. The molecule has 0 fully saturated rings. The summed E-state index contributed by atoms with van der Waals surface area (Å²) in [7, 11) is 0. The number of hydrogen-bond acceptors (Lipinski definition) is 1. The van der Waals surface area contributed by atoms with E-state index in [9.17, 15) is 4.79 Å². The molecular formula is C22H28N2O. The average molecular weight is 336 g/mol. The van der Waals surface area contributed by atoms with Crippen LogP contribution in [0.3, 0.4) is 0 Å². The van der Waals surface area contributed by atoms with E-state index < -0.39 is 0 Å². The SMILES string of the molecule is CCC(NC(=O)NCc1cccc(C)c1)c1ccc2c(c1)CCCC2. The molecule has 2 aromatic carbocycles. The van der Waals surface area contributed by atoms with E-state index in [1.165, 1.54) is 47.9 Å². The zero-order valence-corrected chi connectivity index (χ0v) is 15.3. The lowest BCUT2D eigenvalue weighted by molar-refractivity contribution is 0.236. The minimum Gasteiger partial charge on any atom is -0.334 e. The molecule has 1 aliphatic rings. The Morgan fingerprint density at radius 1 is 1.08 bits per heavy atom. The summed E-state index contributed by atoms with van der Waals surface area (Å²) in [5, 5.41) is 6.10. The predicted molar refractivity (Wildman–Crippen MR) is 103 cm³/mol. The van der Waals surface area contributed by atoms with Crippen molar-refractivity contribution in [1.82, 2.24) is 10.6 Å². The number of amides is 2. The first-order valence-corrected chi connectivity index (χ1v) is 9.37. The van der Waals surface area contributed by atoms with Crippen LogP contribution in [0.15, 0.2) is 42.5 Å². The van der Waals surface area contributed by atoms with Gasteiger partial charge in [0, 0.05) is 6.54 Å². The number of nitrogens with one attached hydrogen (secondary N) is 2. The number of rotatable bonds is 5. The highest BCUT2D eigenvalue weighted by atomic mass is 16.2. The van der Waals surface area contributed by atoms with Crippen molar-refractivity contribution >= 4 is 6.03 Å². The van der Waals surface area contributed by atoms with Crippen molar-refractivity contribution in [3.8, 4) is 0 Å². The van der Waals surface area contributed by atoms with Crippen molar-refractivity contribution in [2.45, 2.75) is 58.5 Å². The van der Waals surface area contributed by atoms with Crippen LogP contribution in [0, 0.1) is 6.92 Å². The lowest BCUT2D eigenvalue weighted by atomic mass is 9.89. The van der Waals surface area contributed by atoms with E-state index in [4.69, 9.17) is 0 Å². The van der Waals surface area contributed by atoms with Gasteiger partial charge in [0.1, 0.15) is 0 Å². The molecule has 0 saturated carbocycles. The van der Waals surface area contributed by atoms with Gasteiger partial charge in [-0.25, -0.2) is 4.79 Å². The van der Waals surface area contributed by atoms with Crippen LogP contribution in [-0.4, -0.2) is 6.03 Å². The molecule has 0 heterocycles. The Morgan fingerprint density at radius 3 is 2.64 bits per heavy atom. The first-order chi connectivity index (χ1) is 12.2. The van der Waals surface area contributed by atoms with Crippen LogP contribution in [-0.2, 0) is 19.4 Å². The van der Waals surface area contributed by atoms with Crippen molar-refractivity contribution in [3.63, 3.8) is 0 Å². The Labute approximate surface area is 150 Å². The number of aryl methyl sites for hydroxylation is 3. The molecule has 0 aromatic heterocycles. The highest BCUT2D eigenvalue weighted by molar-refractivity contribution is 5.74. The highest BCUT2D eigenvalue weighted by Crippen LogP contribution is 2.26. The Kier molecular flexibility index (Phi) is 5.75. The van der Waals surface area contributed by atoms with Gasteiger partial charge in [0.25, 0.3) is 0 Å². The Balaban J connectivity index is 1.60. The van der Waals surface area contributed by atoms with E-state index in [0.717, 1.165) is 12.0 Å². The fourth-order valence-electron chi connectivity index (χ4n) is 3.60. The fraction of sp³-hybridized carbons (Fsp3) is 0.409. The normalized spacial score (nSPS) is 14.5. The number of hydrogen-bond donors (Lipinski definition) is 2. The number of urea groups is 1. The van der Waals surface area contributed by atoms with Gasteiger partial charge in [-0.2, -0.15) is 0 Å². The summed E-state index contributed by atoms with van der Waals surface area (Å²) >= 11 is 0. The molecule has 3 heteroatoms. The zero-order valence-electron chi connectivity index (χ0n) is 15.3. The molecule has 1 unspecified atom stereocenters. The molecule has 0 spiro atoms. The van der Waals surface area contributed by atoms with Gasteiger partial charge in [0.05, 0.1) is 6.04 Å². The third-order valence-electron chi connectivity index (χ3n) is 5.02. The van der Waals surface area contributed by atoms with Crippen molar-refractivity contribution in [2.75, 3.05) is 0 Å². The number of carbonyl (C=O) groups is 1. The van der Waals surface area contributed by atoms with Gasteiger partial charge in [-0.15, -0.1) is 0 Å². The Bertz CT molecular complexity index is 739. The van der Waals surface area contributed by atoms with Crippen molar-refractivity contribution in [1.29, 1.82) is 0 Å². The molecule has 0 saturated heterocycles. The highest BCUT2D eigenvalue weighted by Gasteiger charge is 2.16. The van der Waals surface area contributed by atoms with Crippen molar-refractivity contribution in [2.24, 2.45) is 0 Å². The van der Waals surface area contributed by atoms with Crippen LogP contribution >= 0.6 is 0 Å². The number of fused-ring (bicyclic) bond motifs is 1. The Hall–Kier alpha value is -2.29. The van der Waals surface area contributed by atoms with Crippen LogP contribution in [0.25, 0.3) is 0 Å². The largest absolute Gasteiger partial charge is 0.334 e. The summed E-state index contributed by atoms with van der Waals surface area (Å²) in [6.45, 7) is 4.73. The lowest BCUT2D eigenvalue weighted by Gasteiger charge is -2.22. The maximum Gasteiger partial charge on any atom is 0.315 e. The maximum atomic E-state index is 12.3. The van der Waals surface area contributed by atoms with Crippen LogP contribution in [0.4, 0.5) is 4.79 Å². The van der Waals surface area contributed by atoms with E-state index in [1.807, 2.05) is 12.1 Å². The second kappa shape index (κ2) is 8.19. The molecule has 2 aromatic rings. The van der Waals surface area contributed by atoms with Crippen LogP contribution < -0.4 is 10.6 Å². The standard InChI is InChI=1S/C22H28N2O/c1-3-21(20-12-11-18-9-4-5-10-19(18)14-20)24-22(25)23-15-17-8-6-7-16(2)13-17/h6-8,11-14,21H,3-5,9-10,15H2,1-2H3,(H2,23,24,25). The van der Waals surface area contributed by atoms with Gasteiger partial charge in [0.2, 0.25) is 0 Å². The van der Waals surface area contributed by atoms with E-state index in [0.29, 0.717) is 6.54 Å². The monoisotopic (exact) mass is 336 g/mol. The summed E-state index contributed by atoms with van der Waals surface area (Å²) in [5.74, 6) is 0. The molecule has 2 amide bonds. The van der Waals surface area contributed by atoms with Crippen LogP contribution in [0.2, 0.25) is 0 Å². The third kappa shape index (κ3) is 4.62. The molecule has 132 valence electrons. The Morgan fingerprint density at radius 2 is 1.88 bits per heavy atom. The summed E-state index contributed by atoms with van der Waals surface area (Å²) in [5.41, 5.74) is 6.49. The lowest BCUT2D eigenvalue weighted by Crippen LogP contribution is -2.37. The van der Waals surface area contributed by atoms with Gasteiger partial charge in [-0.3, -0.25) is 0 Å². The van der Waals surface area contributed by atoms with Crippen molar-refractivity contribution < 1.29 is 4.79 Å². The molecule has 1 aliphatic carbocycles. The molecule has 0 bridgehead atoms.